The number of rotatable bonds is 0. The van der Waals surface area contributed by atoms with Gasteiger partial charge < -0.3 is 4.98 Å². The van der Waals surface area contributed by atoms with E-state index in [9.17, 15) is 4.39 Å². The van der Waals surface area contributed by atoms with E-state index in [-0.39, 0.29) is 5.82 Å². The summed E-state index contributed by atoms with van der Waals surface area (Å²) < 4.78 is 12.6. The molecule has 0 aliphatic carbocycles. The van der Waals surface area contributed by atoms with Crippen LogP contribution < -0.4 is 0 Å². The summed E-state index contributed by atoms with van der Waals surface area (Å²) in [5.74, 6) is -0.195. The van der Waals surface area contributed by atoms with Crippen molar-refractivity contribution in [2.75, 3.05) is 0 Å². The summed E-state index contributed by atoms with van der Waals surface area (Å²) in [7, 11) is 0. The van der Waals surface area contributed by atoms with Gasteiger partial charge in [-0.05, 0) is 36.6 Å². The van der Waals surface area contributed by atoms with E-state index >= 15 is 0 Å². The van der Waals surface area contributed by atoms with Crippen LogP contribution in [0.5, 0.6) is 0 Å². The highest BCUT2D eigenvalue weighted by Gasteiger charge is 1.97. The van der Waals surface area contributed by atoms with E-state index in [0.29, 0.717) is 0 Å². The van der Waals surface area contributed by atoms with Gasteiger partial charge in [0, 0.05) is 11.2 Å². The van der Waals surface area contributed by atoms with Gasteiger partial charge in [0.25, 0.3) is 0 Å². The van der Waals surface area contributed by atoms with E-state index in [0.717, 1.165) is 16.6 Å². The fourth-order valence-electron chi connectivity index (χ4n) is 1.24. The van der Waals surface area contributed by atoms with Gasteiger partial charge in [-0.2, -0.15) is 0 Å². The van der Waals surface area contributed by atoms with Gasteiger partial charge >= 0.3 is 0 Å². The summed E-state index contributed by atoms with van der Waals surface area (Å²) in [6, 6.07) is 6.74. The number of nitrogens with one attached hydrogen (secondary N) is 1. The molecule has 56 valence electrons. The Balaban J connectivity index is 2.82. The Hall–Kier alpha value is -1.31. The second-order valence-electron chi connectivity index (χ2n) is 2.68. The van der Waals surface area contributed by atoms with Gasteiger partial charge in [0.05, 0.1) is 0 Å². The first kappa shape index (κ1) is 6.40. The molecule has 0 saturated heterocycles. The zero-order valence-electron chi connectivity index (χ0n) is 6.19. The molecule has 2 rings (SSSR count). The summed E-state index contributed by atoms with van der Waals surface area (Å²) in [4.78, 5) is 3.06. The van der Waals surface area contributed by atoms with Crippen LogP contribution in [0.1, 0.15) is 5.69 Å². The number of halogens is 1. The Morgan fingerprint density at radius 3 is 2.91 bits per heavy atom. The van der Waals surface area contributed by atoms with E-state index in [2.05, 4.69) is 4.98 Å². The van der Waals surface area contributed by atoms with Crippen molar-refractivity contribution in [1.29, 1.82) is 0 Å². The van der Waals surface area contributed by atoms with E-state index in [1.165, 1.54) is 12.1 Å². The number of hydrogen-bond donors (Lipinski definition) is 1. The second kappa shape index (κ2) is 2.09. The molecule has 1 heterocycles. The molecule has 0 radical (unpaired) electrons. The molecule has 0 bridgehead atoms. The van der Waals surface area contributed by atoms with Crippen LogP contribution >= 0.6 is 0 Å². The van der Waals surface area contributed by atoms with Gasteiger partial charge in [-0.1, -0.05) is 0 Å². The highest BCUT2D eigenvalue weighted by Crippen LogP contribution is 2.15. The summed E-state index contributed by atoms with van der Waals surface area (Å²) in [6.07, 6.45) is 0. The van der Waals surface area contributed by atoms with Crippen molar-refractivity contribution < 1.29 is 4.39 Å². The third-order valence-corrected chi connectivity index (χ3v) is 1.72. The Bertz CT molecular complexity index is 389. The maximum atomic E-state index is 12.6. The first-order chi connectivity index (χ1) is 5.25. The molecule has 1 N–H and O–H groups in total. The zero-order chi connectivity index (χ0) is 7.84. The molecule has 1 aromatic heterocycles. The quantitative estimate of drug-likeness (QED) is 0.592. The first-order valence-electron chi connectivity index (χ1n) is 3.50. The van der Waals surface area contributed by atoms with Crippen molar-refractivity contribution in [2.45, 2.75) is 6.92 Å². The number of hydrogen-bond acceptors (Lipinski definition) is 0. The number of aromatic nitrogens is 1. The molecular weight excluding hydrogens is 141 g/mol. The van der Waals surface area contributed by atoms with Crippen molar-refractivity contribution in [3.8, 4) is 0 Å². The lowest BCUT2D eigenvalue weighted by Gasteiger charge is -1.87. The van der Waals surface area contributed by atoms with Crippen LogP contribution in [0.4, 0.5) is 4.39 Å². The monoisotopic (exact) mass is 149 g/mol. The molecule has 0 aliphatic rings. The number of aromatic amines is 1. The van der Waals surface area contributed by atoms with Gasteiger partial charge in [-0.15, -0.1) is 0 Å². The van der Waals surface area contributed by atoms with Gasteiger partial charge in [-0.3, -0.25) is 0 Å². The smallest absolute Gasteiger partial charge is 0.125 e. The SMILES string of the molecule is Cc1cc2ccc(F)cc2[nH]1. The van der Waals surface area contributed by atoms with Crippen LogP contribution in [0.2, 0.25) is 0 Å². The maximum Gasteiger partial charge on any atom is 0.125 e. The van der Waals surface area contributed by atoms with Crippen LogP contribution in [0.25, 0.3) is 10.9 Å². The summed E-state index contributed by atoms with van der Waals surface area (Å²) >= 11 is 0. The van der Waals surface area contributed by atoms with Crippen molar-refractivity contribution in [3.05, 3.63) is 35.8 Å². The molecule has 1 aromatic carbocycles. The highest BCUT2D eigenvalue weighted by molar-refractivity contribution is 5.80. The Morgan fingerprint density at radius 2 is 2.09 bits per heavy atom. The predicted molar refractivity (Wildman–Crippen MR) is 43.0 cm³/mol. The minimum atomic E-state index is -0.195. The molecule has 0 aliphatic heterocycles. The van der Waals surface area contributed by atoms with Crippen molar-refractivity contribution >= 4 is 10.9 Å². The third kappa shape index (κ3) is 1.00. The minimum Gasteiger partial charge on any atom is -0.359 e. The summed E-state index contributed by atoms with van der Waals surface area (Å²) in [6.45, 7) is 1.96. The van der Waals surface area contributed by atoms with Crippen molar-refractivity contribution in [2.24, 2.45) is 0 Å². The normalized spacial score (nSPS) is 10.7. The van der Waals surface area contributed by atoms with E-state index in [1.54, 1.807) is 6.07 Å². The molecular formula is C9H8FN. The Labute approximate surface area is 63.9 Å². The van der Waals surface area contributed by atoms with Crippen LogP contribution in [0, 0.1) is 12.7 Å². The third-order valence-electron chi connectivity index (χ3n) is 1.72. The van der Waals surface area contributed by atoms with Crippen LogP contribution in [-0.4, -0.2) is 4.98 Å². The molecule has 0 fully saturated rings. The van der Waals surface area contributed by atoms with Crippen LogP contribution in [-0.2, 0) is 0 Å². The molecule has 0 saturated carbocycles. The molecule has 0 spiro atoms. The summed E-state index contributed by atoms with van der Waals surface area (Å²) in [5, 5.41) is 1.06. The van der Waals surface area contributed by atoms with E-state index < -0.39 is 0 Å². The fraction of sp³-hybridized carbons (Fsp3) is 0.111. The average molecular weight is 149 g/mol. The van der Waals surface area contributed by atoms with Gasteiger partial charge in [-0.25, -0.2) is 4.39 Å². The lowest BCUT2D eigenvalue weighted by atomic mass is 10.2. The first-order valence-corrected chi connectivity index (χ1v) is 3.50. The average Bonchev–Trinajstić information content (AvgIpc) is 2.27. The predicted octanol–water partition coefficient (Wildman–Crippen LogP) is 2.62. The number of benzene rings is 1. The Kier molecular flexibility index (Phi) is 1.22. The lowest BCUT2D eigenvalue weighted by molar-refractivity contribution is 0.629. The number of fused-ring (bicyclic) bond motifs is 1. The van der Waals surface area contributed by atoms with Gasteiger partial charge in [0.2, 0.25) is 0 Å². The molecule has 0 atom stereocenters. The topological polar surface area (TPSA) is 15.8 Å². The Morgan fingerprint density at radius 1 is 1.27 bits per heavy atom. The van der Waals surface area contributed by atoms with Crippen LogP contribution in [0.3, 0.4) is 0 Å². The number of H-pyrrole nitrogens is 1. The number of aryl methyl sites for hydroxylation is 1. The minimum absolute atomic E-state index is 0.195. The summed E-state index contributed by atoms with van der Waals surface area (Å²) in [5.41, 5.74) is 1.92. The zero-order valence-corrected chi connectivity index (χ0v) is 6.19. The van der Waals surface area contributed by atoms with Crippen molar-refractivity contribution in [3.63, 3.8) is 0 Å². The van der Waals surface area contributed by atoms with Gasteiger partial charge in [0.15, 0.2) is 0 Å². The molecule has 2 heteroatoms. The molecule has 1 nitrogen and oxygen atoms in total. The van der Waals surface area contributed by atoms with E-state index in [1.807, 2.05) is 13.0 Å². The standard InChI is InChI=1S/C9H8FN/c1-6-4-7-2-3-8(10)5-9(7)11-6/h2-5,11H,1H3. The fourth-order valence-corrected chi connectivity index (χ4v) is 1.24. The molecule has 11 heavy (non-hydrogen) atoms. The van der Waals surface area contributed by atoms with E-state index in [4.69, 9.17) is 0 Å². The lowest BCUT2D eigenvalue weighted by Crippen LogP contribution is -1.72. The second-order valence-corrected chi connectivity index (χ2v) is 2.68. The van der Waals surface area contributed by atoms with Crippen molar-refractivity contribution in [1.82, 2.24) is 4.98 Å². The maximum absolute atomic E-state index is 12.6. The van der Waals surface area contributed by atoms with Crippen LogP contribution in [0.15, 0.2) is 24.3 Å². The molecule has 0 amide bonds. The highest BCUT2D eigenvalue weighted by atomic mass is 19.1. The van der Waals surface area contributed by atoms with Gasteiger partial charge in [0.1, 0.15) is 5.82 Å². The molecule has 0 unspecified atom stereocenters. The molecule has 2 aromatic rings. The largest absolute Gasteiger partial charge is 0.359 e.